The zero-order chi connectivity index (χ0) is 19.8. The van der Waals surface area contributed by atoms with Crippen molar-refractivity contribution in [2.24, 2.45) is 0 Å². The first-order chi connectivity index (χ1) is 11.5. The topological polar surface area (TPSA) is 72.8 Å². The lowest BCUT2D eigenvalue weighted by Crippen LogP contribution is -2.41. The lowest BCUT2D eigenvalue weighted by molar-refractivity contribution is -0.163. The maximum Gasteiger partial charge on any atom is 0.350 e. The second-order valence-electron chi connectivity index (χ2n) is 6.22. The first kappa shape index (κ1) is 22.7. The van der Waals surface area contributed by atoms with E-state index < -0.39 is 17.5 Å². The average Bonchev–Trinajstić information content (AvgIpc) is 2.50. The van der Waals surface area contributed by atoms with Gasteiger partial charge in [-0.15, -0.1) is 0 Å². The molecule has 0 aromatic heterocycles. The highest BCUT2D eigenvalue weighted by Gasteiger charge is 2.33. The van der Waals surface area contributed by atoms with Crippen LogP contribution in [-0.4, -0.2) is 28.8 Å². The highest BCUT2D eigenvalue weighted by molar-refractivity contribution is 5.85. The molecule has 0 bridgehead atoms. The molecule has 1 rings (SSSR count). The van der Waals surface area contributed by atoms with E-state index >= 15 is 0 Å². The molecule has 1 aromatic carbocycles. The van der Waals surface area contributed by atoms with E-state index in [4.69, 9.17) is 14.6 Å². The van der Waals surface area contributed by atoms with E-state index in [1.807, 2.05) is 39.8 Å². The van der Waals surface area contributed by atoms with Gasteiger partial charge in [-0.3, -0.25) is 0 Å². The van der Waals surface area contributed by atoms with Crippen molar-refractivity contribution in [1.29, 1.82) is 0 Å². The van der Waals surface area contributed by atoms with Crippen LogP contribution >= 0.6 is 0 Å². The van der Waals surface area contributed by atoms with Crippen molar-refractivity contribution in [2.75, 3.05) is 0 Å². The van der Waals surface area contributed by atoms with E-state index in [1.165, 1.54) is 6.08 Å². The lowest BCUT2D eigenvalue weighted by Gasteiger charge is -2.27. The average molecular weight is 350 g/mol. The summed E-state index contributed by atoms with van der Waals surface area (Å²) in [5, 5.41) is 8.69. The van der Waals surface area contributed by atoms with Gasteiger partial charge in [0, 0.05) is 6.08 Å². The summed E-state index contributed by atoms with van der Waals surface area (Å²) in [5.74, 6) is -0.831. The molecule has 5 heteroatoms. The number of hydrogen-bond donors (Lipinski definition) is 1. The third-order valence-electron chi connectivity index (χ3n) is 3.09. The number of hydrogen-bond acceptors (Lipinski definition) is 4. The summed E-state index contributed by atoms with van der Waals surface area (Å²) < 4.78 is 11.1. The van der Waals surface area contributed by atoms with Crippen LogP contribution in [0.1, 0.15) is 58.2 Å². The van der Waals surface area contributed by atoms with Crippen LogP contribution in [-0.2, 0) is 14.3 Å². The van der Waals surface area contributed by atoms with Gasteiger partial charge in [0.15, 0.2) is 5.60 Å². The van der Waals surface area contributed by atoms with Crippen LogP contribution in [0.2, 0.25) is 0 Å². The maximum atomic E-state index is 12.1. The Hall–Kier alpha value is -2.30. The monoisotopic (exact) mass is 350 g/mol. The second kappa shape index (κ2) is 9.87. The molecule has 0 saturated carbocycles. The van der Waals surface area contributed by atoms with Crippen molar-refractivity contribution in [1.82, 2.24) is 0 Å². The van der Waals surface area contributed by atoms with Crippen LogP contribution in [0.25, 0.3) is 6.08 Å². The molecule has 0 heterocycles. The van der Waals surface area contributed by atoms with Crippen molar-refractivity contribution in [2.45, 2.75) is 67.1 Å². The standard InChI is InChI=1S/C18H24O5.C2H6/c1-11(2)22-17(21)18(5,6)23-16-12(3)9-14(10-13(16)4)7-8-15(19)20;1-2/h7-11H,1-6H3,(H,19,20);1-2H3/b8-7+;. The predicted octanol–water partition coefficient (Wildman–Crippen LogP) is 4.54. The Morgan fingerprint density at radius 2 is 1.60 bits per heavy atom. The summed E-state index contributed by atoms with van der Waals surface area (Å²) in [6.07, 6.45) is 2.39. The summed E-state index contributed by atoms with van der Waals surface area (Å²) >= 11 is 0. The van der Waals surface area contributed by atoms with E-state index in [2.05, 4.69) is 0 Å². The molecular formula is C20H30O5. The lowest BCUT2D eigenvalue weighted by atomic mass is 10.0. The van der Waals surface area contributed by atoms with Gasteiger partial charge >= 0.3 is 11.9 Å². The number of carbonyl (C=O) groups is 2. The van der Waals surface area contributed by atoms with E-state index in [-0.39, 0.29) is 6.10 Å². The number of benzene rings is 1. The number of carboxylic acids is 1. The molecule has 1 N–H and O–H groups in total. The molecule has 140 valence electrons. The molecule has 0 aliphatic carbocycles. The quantitative estimate of drug-likeness (QED) is 0.602. The number of carboxylic acid groups (broad SMARTS) is 1. The molecule has 0 radical (unpaired) electrons. The van der Waals surface area contributed by atoms with Crippen molar-refractivity contribution >= 4 is 18.0 Å². The highest BCUT2D eigenvalue weighted by atomic mass is 16.6. The van der Waals surface area contributed by atoms with Gasteiger partial charge in [0.25, 0.3) is 0 Å². The second-order valence-corrected chi connectivity index (χ2v) is 6.22. The summed E-state index contributed by atoms with van der Waals surface area (Å²) in [6.45, 7) is 14.6. The fourth-order valence-electron chi connectivity index (χ4n) is 2.06. The molecular weight excluding hydrogens is 320 g/mol. The summed E-state index contributed by atoms with van der Waals surface area (Å²) in [5.41, 5.74) is 1.29. The molecule has 0 atom stereocenters. The third kappa shape index (κ3) is 7.42. The summed E-state index contributed by atoms with van der Waals surface area (Å²) in [4.78, 5) is 22.7. The fourth-order valence-corrected chi connectivity index (χ4v) is 2.06. The van der Waals surface area contributed by atoms with E-state index in [0.29, 0.717) is 5.75 Å². The zero-order valence-corrected chi connectivity index (χ0v) is 16.5. The minimum atomic E-state index is -1.11. The molecule has 0 amide bonds. The smallest absolute Gasteiger partial charge is 0.350 e. The molecule has 0 unspecified atom stereocenters. The Morgan fingerprint density at radius 1 is 1.12 bits per heavy atom. The molecule has 0 spiro atoms. The predicted molar refractivity (Wildman–Crippen MR) is 99.9 cm³/mol. The van der Waals surface area contributed by atoms with Gasteiger partial charge in [0.1, 0.15) is 5.75 Å². The maximum absolute atomic E-state index is 12.1. The molecule has 5 nitrogen and oxygen atoms in total. The van der Waals surface area contributed by atoms with Crippen LogP contribution in [0.3, 0.4) is 0 Å². The van der Waals surface area contributed by atoms with E-state index in [0.717, 1.165) is 22.8 Å². The molecule has 25 heavy (non-hydrogen) atoms. The molecule has 0 saturated heterocycles. The fraction of sp³-hybridized carbons (Fsp3) is 0.500. The normalized spacial score (nSPS) is 11.1. The van der Waals surface area contributed by atoms with Crippen LogP contribution in [0.15, 0.2) is 18.2 Å². The minimum Gasteiger partial charge on any atom is -0.478 e. The van der Waals surface area contributed by atoms with Crippen molar-refractivity contribution in [3.63, 3.8) is 0 Å². The SMILES string of the molecule is CC.Cc1cc(/C=C/C(=O)O)cc(C)c1OC(C)(C)C(=O)OC(C)C. The first-order valence-corrected chi connectivity index (χ1v) is 8.45. The van der Waals surface area contributed by atoms with Crippen molar-refractivity contribution in [3.05, 3.63) is 34.9 Å². The first-order valence-electron chi connectivity index (χ1n) is 8.45. The van der Waals surface area contributed by atoms with Gasteiger partial charge in [-0.2, -0.15) is 0 Å². The van der Waals surface area contributed by atoms with Gasteiger partial charge in [-0.1, -0.05) is 13.8 Å². The van der Waals surface area contributed by atoms with Crippen LogP contribution in [0, 0.1) is 13.8 Å². The Bertz CT molecular complexity index is 604. The molecule has 0 fully saturated rings. The zero-order valence-electron chi connectivity index (χ0n) is 16.5. The van der Waals surface area contributed by atoms with Gasteiger partial charge in [-0.25, -0.2) is 9.59 Å². The Morgan fingerprint density at radius 3 is 2.00 bits per heavy atom. The number of rotatable bonds is 6. The molecule has 0 aliphatic rings. The number of carbonyl (C=O) groups excluding carboxylic acids is 1. The number of aryl methyl sites for hydroxylation is 2. The largest absolute Gasteiger partial charge is 0.478 e. The Kier molecular flexibility index (Phi) is 8.96. The Balaban J connectivity index is 0.00000277. The number of aliphatic carboxylic acids is 1. The van der Waals surface area contributed by atoms with Crippen LogP contribution in [0.5, 0.6) is 5.75 Å². The van der Waals surface area contributed by atoms with Crippen LogP contribution < -0.4 is 4.74 Å². The summed E-state index contributed by atoms with van der Waals surface area (Å²) in [6, 6.07) is 3.62. The minimum absolute atomic E-state index is 0.212. The van der Waals surface area contributed by atoms with E-state index in [9.17, 15) is 9.59 Å². The Labute approximate surface area is 150 Å². The third-order valence-corrected chi connectivity index (χ3v) is 3.09. The van der Waals surface area contributed by atoms with Crippen LogP contribution in [0.4, 0.5) is 0 Å². The van der Waals surface area contributed by atoms with Gasteiger partial charge < -0.3 is 14.6 Å². The van der Waals surface area contributed by atoms with Crippen molar-refractivity contribution < 1.29 is 24.2 Å². The van der Waals surface area contributed by atoms with E-state index in [1.54, 1.807) is 27.7 Å². The molecule has 0 aliphatic heterocycles. The highest BCUT2D eigenvalue weighted by Crippen LogP contribution is 2.29. The van der Waals surface area contributed by atoms with Gasteiger partial charge in [0.05, 0.1) is 6.10 Å². The number of esters is 1. The van der Waals surface area contributed by atoms with Crippen molar-refractivity contribution in [3.8, 4) is 5.75 Å². The van der Waals surface area contributed by atoms with Gasteiger partial charge in [-0.05, 0) is 76.4 Å². The summed E-state index contributed by atoms with van der Waals surface area (Å²) in [7, 11) is 0. The molecule has 1 aromatic rings. The van der Waals surface area contributed by atoms with Gasteiger partial charge in [0.2, 0.25) is 0 Å². The number of ether oxygens (including phenoxy) is 2.